The predicted octanol–water partition coefficient (Wildman–Crippen LogP) is 2.72. The van der Waals surface area contributed by atoms with Crippen LogP contribution in [0.5, 0.6) is 5.75 Å². The molecule has 0 spiro atoms. The van der Waals surface area contributed by atoms with E-state index in [2.05, 4.69) is 19.7 Å². The minimum atomic E-state index is -3.82. The largest absolute Gasteiger partial charge is 0.497 e. The first-order valence-corrected chi connectivity index (χ1v) is 9.32. The zero-order valence-corrected chi connectivity index (χ0v) is 15.5. The highest BCUT2D eigenvalue weighted by molar-refractivity contribution is 7.89. The number of benzene rings is 1. The molecule has 9 heteroatoms. The monoisotopic (exact) mass is 380 g/mol. The second-order valence-corrected chi connectivity index (χ2v) is 7.64. The van der Waals surface area contributed by atoms with E-state index in [1.54, 1.807) is 31.3 Å². The average molecular weight is 381 g/mol. The van der Waals surface area contributed by atoms with Gasteiger partial charge in [0.15, 0.2) is 0 Å². The van der Waals surface area contributed by atoms with Gasteiger partial charge in [0, 0.05) is 17.3 Å². The average Bonchev–Trinajstić information content (AvgIpc) is 3.03. The molecule has 1 aromatic carbocycles. The molecule has 25 heavy (non-hydrogen) atoms. The Kier molecular flexibility index (Phi) is 4.68. The SMILES string of the molecule is COc1ccc2[nH]c(S(=O)(=O)NCc3ncc(C)c(Cl)c3C)nc2c1. The number of halogens is 1. The van der Waals surface area contributed by atoms with E-state index in [4.69, 9.17) is 16.3 Å². The number of H-pyrrole nitrogens is 1. The Bertz CT molecular complexity index is 1050. The Hall–Kier alpha value is -2.16. The molecular weight excluding hydrogens is 364 g/mol. The third kappa shape index (κ3) is 3.46. The number of hydrogen-bond acceptors (Lipinski definition) is 5. The lowest BCUT2D eigenvalue weighted by Gasteiger charge is -2.09. The molecule has 0 aliphatic rings. The molecule has 0 aliphatic carbocycles. The molecule has 3 rings (SSSR count). The van der Waals surface area contributed by atoms with Crippen molar-refractivity contribution in [2.45, 2.75) is 25.5 Å². The molecule has 7 nitrogen and oxygen atoms in total. The van der Waals surface area contributed by atoms with Crippen molar-refractivity contribution < 1.29 is 13.2 Å². The normalized spacial score (nSPS) is 11.8. The van der Waals surface area contributed by atoms with Gasteiger partial charge in [0.2, 0.25) is 5.16 Å². The summed E-state index contributed by atoms with van der Waals surface area (Å²) in [6.07, 6.45) is 1.62. The molecule has 0 bridgehead atoms. The maximum atomic E-state index is 12.5. The molecule has 2 N–H and O–H groups in total. The molecule has 0 aliphatic heterocycles. The lowest BCUT2D eigenvalue weighted by atomic mass is 10.1. The van der Waals surface area contributed by atoms with Gasteiger partial charge in [-0.05, 0) is 37.1 Å². The van der Waals surface area contributed by atoms with Crippen LogP contribution in [0.4, 0.5) is 0 Å². The van der Waals surface area contributed by atoms with E-state index < -0.39 is 10.0 Å². The molecule has 0 unspecified atom stereocenters. The van der Waals surface area contributed by atoms with Gasteiger partial charge in [0.1, 0.15) is 5.75 Å². The summed E-state index contributed by atoms with van der Waals surface area (Å²) >= 11 is 6.18. The topological polar surface area (TPSA) is 97.0 Å². The number of fused-ring (bicyclic) bond motifs is 1. The van der Waals surface area contributed by atoms with Crippen LogP contribution in [0.2, 0.25) is 5.02 Å². The highest BCUT2D eigenvalue weighted by Gasteiger charge is 2.20. The minimum absolute atomic E-state index is 0.0224. The Morgan fingerprint density at radius 2 is 2.08 bits per heavy atom. The zero-order chi connectivity index (χ0) is 18.2. The minimum Gasteiger partial charge on any atom is -0.497 e. The third-order valence-corrected chi connectivity index (χ3v) is 5.68. The standard InChI is InChI=1S/C16H17ClN4O3S/c1-9-7-18-14(10(2)15(9)17)8-19-25(22,23)16-20-12-5-4-11(24-3)6-13(12)21-16/h4-7,19H,8H2,1-3H3,(H,20,21). The smallest absolute Gasteiger partial charge is 0.274 e. The molecular formula is C16H17ClN4O3S. The molecule has 2 heterocycles. The number of sulfonamides is 1. The van der Waals surface area contributed by atoms with Crippen LogP contribution in [0.1, 0.15) is 16.8 Å². The quantitative estimate of drug-likeness (QED) is 0.709. The summed E-state index contributed by atoms with van der Waals surface area (Å²) in [7, 11) is -2.28. The second-order valence-electron chi connectivity index (χ2n) is 5.58. The molecule has 132 valence electrons. The highest BCUT2D eigenvalue weighted by atomic mass is 35.5. The fraction of sp³-hybridized carbons (Fsp3) is 0.250. The van der Waals surface area contributed by atoms with Gasteiger partial charge in [-0.2, -0.15) is 0 Å². The summed E-state index contributed by atoms with van der Waals surface area (Å²) in [5.74, 6) is 0.602. The van der Waals surface area contributed by atoms with E-state index in [-0.39, 0.29) is 11.7 Å². The molecule has 0 amide bonds. The van der Waals surface area contributed by atoms with Gasteiger partial charge < -0.3 is 9.72 Å². The Labute approximate surface area is 150 Å². The number of pyridine rings is 1. The van der Waals surface area contributed by atoms with Gasteiger partial charge >= 0.3 is 0 Å². The number of aryl methyl sites for hydroxylation is 1. The lowest BCUT2D eigenvalue weighted by Crippen LogP contribution is -2.25. The van der Waals surface area contributed by atoms with Gasteiger partial charge in [-0.15, -0.1) is 0 Å². The molecule has 0 saturated carbocycles. The summed E-state index contributed by atoms with van der Waals surface area (Å²) < 4.78 is 32.6. The fourth-order valence-corrected chi connectivity index (χ4v) is 3.46. The molecule has 2 aromatic heterocycles. The number of ether oxygens (including phenoxy) is 1. The van der Waals surface area contributed by atoms with Crippen LogP contribution in [-0.4, -0.2) is 30.5 Å². The van der Waals surface area contributed by atoms with Gasteiger partial charge in [-0.1, -0.05) is 11.6 Å². The van der Waals surface area contributed by atoms with Crippen LogP contribution in [0.25, 0.3) is 11.0 Å². The fourth-order valence-electron chi connectivity index (χ4n) is 2.38. The van der Waals surface area contributed by atoms with Gasteiger partial charge in [0.25, 0.3) is 10.0 Å². The van der Waals surface area contributed by atoms with Crippen molar-refractivity contribution in [1.82, 2.24) is 19.7 Å². The van der Waals surface area contributed by atoms with Crippen molar-refractivity contribution in [2.75, 3.05) is 7.11 Å². The van der Waals surface area contributed by atoms with E-state index in [1.807, 2.05) is 6.92 Å². The molecule has 0 fully saturated rings. The number of nitrogens with zero attached hydrogens (tertiary/aromatic N) is 2. The van der Waals surface area contributed by atoms with E-state index >= 15 is 0 Å². The van der Waals surface area contributed by atoms with Gasteiger partial charge in [-0.3, -0.25) is 4.98 Å². The molecule has 3 aromatic rings. The third-order valence-electron chi connectivity index (χ3n) is 3.88. The summed E-state index contributed by atoms with van der Waals surface area (Å²) in [5.41, 5.74) is 3.27. The summed E-state index contributed by atoms with van der Waals surface area (Å²) in [5, 5.41) is 0.423. The van der Waals surface area contributed by atoms with E-state index in [9.17, 15) is 8.42 Å². The van der Waals surface area contributed by atoms with Crippen LogP contribution in [0.3, 0.4) is 0 Å². The summed E-state index contributed by atoms with van der Waals surface area (Å²) in [6.45, 7) is 3.67. The lowest BCUT2D eigenvalue weighted by molar-refractivity contribution is 0.415. The van der Waals surface area contributed by atoms with Crippen molar-refractivity contribution in [1.29, 1.82) is 0 Å². The number of aromatic nitrogens is 3. The zero-order valence-electron chi connectivity index (χ0n) is 13.9. The Morgan fingerprint density at radius 1 is 1.32 bits per heavy atom. The van der Waals surface area contributed by atoms with Crippen LogP contribution in [-0.2, 0) is 16.6 Å². The molecule has 0 radical (unpaired) electrons. The van der Waals surface area contributed by atoms with Crippen LogP contribution in [0, 0.1) is 13.8 Å². The van der Waals surface area contributed by atoms with Crippen LogP contribution >= 0.6 is 11.6 Å². The van der Waals surface area contributed by atoms with Crippen LogP contribution < -0.4 is 9.46 Å². The number of rotatable bonds is 5. The number of hydrogen-bond donors (Lipinski definition) is 2. The maximum Gasteiger partial charge on any atom is 0.274 e. The van der Waals surface area contributed by atoms with Gasteiger partial charge in [-0.25, -0.2) is 18.1 Å². The first kappa shape index (κ1) is 17.7. The second kappa shape index (κ2) is 6.62. The number of aromatic amines is 1. The van der Waals surface area contributed by atoms with E-state index in [1.165, 1.54) is 7.11 Å². The van der Waals surface area contributed by atoms with Crippen molar-refractivity contribution in [3.05, 3.63) is 46.2 Å². The number of imidazole rings is 1. The van der Waals surface area contributed by atoms with E-state index in [0.29, 0.717) is 27.5 Å². The van der Waals surface area contributed by atoms with Crippen LogP contribution in [0.15, 0.2) is 29.6 Å². The summed E-state index contributed by atoms with van der Waals surface area (Å²) in [6, 6.07) is 5.11. The highest BCUT2D eigenvalue weighted by Crippen LogP contribution is 2.22. The Balaban J connectivity index is 1.86. The molecule has 0 atom stereocenters. The van der Waals surface area contributed by atoms with Gasteiger partial charge in [0.05, 0.1) is 30.4 Å². The maximum absolute atomic E-state index is 12.5. The van der Waals surface area contributed by atoms with Crippen molar-refractivity contribution in [3.63, 3.8) is 0 Å². The summed E-state index contributed by atoms with van der Waals surface area (Å²) in [4.78, 5) is 11.2. The van der Waals surface area contributed by atoms with E-state index in [0.717, 1.165) is 11.1 Å². The Morgan fingerprint density at radius 3 is 2.80 bits per heavy atom. The first-order valence-electron chi connectivity index (χ1n) is 7.46. The predicted molar refractivity (Wildman–Crippen MR) is 95.4 cm³/mol. The number of methoxy groups -OCH3 is 1. The van der Waals surface area contributed by atoms with Crippen molar-refractivity contribution >= 4 is 32.7 Å². The van der Waals surface area contributed by atoms with Crippen molar-refractivity contribution in [3.8, 4) is 5.75 Å². The number of nitrogens with one attached hydrogen (secondary N) is 2. The van der Waals surface area contributed by atoms with Crippen molar-refractivity contribution in [2.24, 2.45) is 0 Å². The first-order chi connectivity index (χ1) is 11.8. The molecule has 0 saturated heterocycles.